The number of nitrogens with zero attached hydrogens (tertiary/aromatic N) is 1. The molecule has 1 spiro atoms. The second-order valence-electron chi connectivity index (χ2n) is 5.89. The quantitative estimate of drug-likeness (QED) is 0.931. The number of hydrogen-bond donors (Lipinski definition) is 1. The molecule has 1 aliphatic heterocycles. The second kappa shape index (κ2) is 4.93. The first kappa shape index (κ1) is 14.7. The van der Waals surface area contributed by atoms with Crippen molar-refractivity contribution in [3.63, 3.8) is 0 Å². The first-order valence-electron chi connectivity index (χ1n) is 6.93. The Morgan fingerprint density at radius 3 is 2.50 bits per heavy atom. The van der Waals surface area contributed by atoms with Crippen LogP contribution in [0.25, 0.3) is 0 Å². The maximum absolute atomic E-state index is 13.4. The van der Waals surface area contributed by atoms with Gasteiger partial charge in [-0.05, 0) is 12.0 Å². The lowest BCUT2D eigenvalue weighted by atomic mass is 10.0. The molecule has 1 heterocycles. The molecule has 2 atom stereocenters. The zero-order valence-electron chi connectivity index (χ0n) is 11.7. The average Bonchev–Trinajstić information content (AvgIpc) is 2.83. The van der Waals surface area contributed by atoms with E-state index >= 15 is 0 Å². The summed E-state index contributed by atoms with van der Waals surface area (Å²) < 4.78 is 32.0. The summed E-state index contributed by atoms with van der Waals surface area (Å²) in [5.74, 6) is -4.17. The van der Waals surface area contributed by atoms with E-state index in [9.17, 15) is 18.4 Å². The first-order chi connectivity index (χ1) is 10.3. The van der Waals surface area contributed by atoms with Crippen molar-refractivity contribution in [3.05, 3.63) is 35.9 Å². The van der Waals surface area contributed by atoms with E-state index in [1.54, 1.807) is 24.3 Å². The molecule has 22 heavy (non-hydrogen) atoms. The number of amides is 1. The molecule has 1 saturated carbocycles. The number of alkyl halides is 2. The number of carbonyl (C=O) groups excluding carboxylic acids is 1. The summed E-state index contributed by atoms with van der Waals surface area (Å²) in [6.07, 6.45) is -1.46. The molecule has 1 N–H and O–H groups in total. The molecule has 0 unspecified atom stereocenters. The lowest BCUT2D eigenvalue weighted by Gasteiger charge is -2.20. The Labute approximate surface area is 125 Å². The van der Waals surface area contributed by atoms with Gasteiger partial charge in [0, 0.05) is 13.0 Å². The molecule has 1 saturated heterocycles. The van der Waals surface area contributed by atoms with Gasteiger partial charge in [0.1, 0.15) is 12.6 Å². The van der Waals surface area contributed by atoms with Crippen molar-refractivity contribution < 1.29 is 28.2 Å². The normalized spacial score (nSPS) is 28.6. The van der Waals surface area contributed by atoms with Gasteiger partial charge in [0.25, 0.3) is 5.92 Å². The highest BCUT2D eigenvalue weighted by molar-refractivity contribution is 5.81. The van der Waals surface area contributed by atoms with E-state index < -0.39 is 29.4 Å². The van der Waals surface area contributed by atoms with Crippen LogP contribution in [0.3, 0.4) is 0 Å². The highest BCUT2D eigenvalue weighted by Crippen LogP contribution is 2.66. The predicted molar refractivity (Wildman–Crippen MR) is 71.4 cm³/mol. The molecule has 7 heteroatoms. The summed E-state index contributed by atoms with van der Waals surface area (Å²) in [4.78, 5) is 24.2. The number of carbonyl (C=O) groups is 2. The van der Waals surface area contributed by atoms with E-state index in [1.165, 1.54) is 0 Å². The number of benzene rings is 1. The van der Waals surface area contributed by atoms with E-state index in [2.05, 4.69) is 0 Å². The number of halogens is 2. The molecule has 1 aromatic carbocycles. The first-order valence-corrected chi connectivity index (χ1v) is 6.93. The van der Waals surface area contributed by atoms with Crippen molar-refractivity contribution in [2.45, 2.75) is 31.4 Å². The molecule has 1 aromatic rings. The van der Waals surface area contributed by atoms with Crippen molar-refractivity contribution in [2.75, 3.05) is 6.54 Å². The van der Waals surface area contributed by atoms with Crippen LogP contribution in [0.15, 0.2) is 30.3 Å². The highest BCUT2D eigenvalue weighted by Gasteiger charge is 2.75. The number of carboxylic acids is 1. The Kier molecular flexibility index (Phi) is 3.30. The van der Waals surface area contributed by atoms with Gasteiger partial charge in [-0.1, -0.05) is 30.3 Å². The van der Waals surface area contributed by atoms with Gasteiger partial charge in [0.15, 0.2) is 0 Å². The van der Waals surface area contributed by atoms with E-state index in [-0.39, 0.29) is 26.0 Å². The van der Waals surface area contributed by atoms with Gasteiger partial charge in [-0.25, -0.2) is 18.4 Å². The lowest BCUT2D eigenvalue weighted by molar-refractivity contribution is -0.141. The van der Waals surface area contributed by atoms with Crippen LogP contribution in [0.4, 0.5) is 13.6 Å². The van der Waals surface area contributed by atoms with Crippen molar-refractivity contribution in [2.24, 2.45) is 5.41 Å². The topological polar surface area (TPSA) is 66.8 Å². The maximum atomic E-state index is 13.4. The number of ether oxygens (including phenoxy) is 1. The van der Waals surface area contributed by atoms with E-state index in [0.29, 0.717) is 0 Å². The molecule has 118 valence electrons. The molecule has 0 aromatic heterocycles. The van der Waals surface area contributed by atoms with Crippen LogP contribution >= 0.6 is 0 Å². The van der Waals surface area contributed by atoms with Crippen LogP contribution in [0.5, 0.6) is 0 Å². The number of likely N-dealkylation sites (tertiary alicyclic amines) is 1. The average molecular weight is 311 g/mol. The van der Waals surface area contributed by atoms with E-state index in [1.807, 2.05) is 6.07 Å². The lowest BCUT2D eigenvalue weighted by Crippen LogP contribution is -2.40. The third-order valence-electron chi connectivity index (χ3n) is 4.37. The Morgan fingerprint density at radius 2 is 1.95 bits per heavy atom. The standard InChI is InChI=1S/C15H15F2NO4/c16-15(17)8-14(15)6-11(12(19)20)18(9-14)13(21)22-7-10-4-2-1-3-5-10/h1-5,11H,6-9H2,(H,19,20)/t11-,14+/m1/s1. The van der Waals surface area contributed by atoms with Gasteiger partial charge >= 0.3 is 12.1 Å². The molecule has 1 aliphatic carbocycles. The van der Waals surface area contributed by atoms with E-state index in [4.69, 9.17) is 9.84 Å². The summed E-state index contributed by atoms with van der Waals surface area (Å²) in [5.41, 5.74) is -0.643. The Hall–Kier alpha value is -2.18. The van der Waals surface area contributed by atoms with Crippen LogP contribution in [0, 0.1) is 5.41 Å². The fraction of sp³-hybridized carbons (Fsp3) is 0.467. The van der Waals surface area contributed by atoms with Crippen LogP contribution < -0.4 is 0 Å². The summed E-state index contributed by atoms with van der Waals surface area (Å²) in [7, 11) is 0. The molecule has 0 bridgehead atoms. The highest BCUT2D eigenvalue weighted by atomic mass is 19.3. The third kappa shape index (κ3) is 2.40. The minimum absolute atomic E-state index is 0.0219. The minimum Gasteiger partial charge on any atom is -0.480 e. The predicted octanol–water partition coefficient (Wildman–Crippen LogP) is 2.51. The molecule has 2 fully saturated rings. The number of aliphatic carboxylic acids is 1. The molecular formula is C15H15F2NO4. The van der Waals surface area contributed by atoms with Crippen molar-refractivity contribution in [1.29, 1.82) is 0 Å². The molecule has 3 rings (SSSR count). The molecule has 0 radical (unpaired) electrons. The zero-order chi connectivity index (χ0) is 16.0. The van der Waals surface area contributed by atoms with Gasteiger partial charge in [0.2, 0.25) is 0 Å². The number of rotatable bonds is 3. The van der Waals surface area contributed by atoms with Crippen LogP contribution in [-0.2, 0) is 16.1 Å². The molecule has 2 aliphatic rings. The van der Waals surface area contributed by atoms with Crippen molar-refractivity contribution >= 4 is 12.1 Å². The van der Waals surface area contributed by atoms with Gasteiger partial charge in [-0.3, -0.25) is 4.90 Å². The smallest absolute Gasteiger partial charge is 0.410 e. The second-order valence-corrected chi connectivity index (χ2v) is 5.89. The monoisotopic (exact) mass is 311 g/mol. The minimum atomic E-state index is -2.89. The Morgan fingerprint density at radius 1 is 1.32 bits per heavy atom. The largest absolute Gasteiger partial charge is 0.480 e. The molecular weight excluding hydrogens is 296 g/mol. The fourth-order valence-corrected chi connectivity index (χ4v) is 2.97. The summed E-state index contributed by atoms with van der Waals surface area (Å²) in [6, 6.07) is 7.62. The SMILES string of the molecule is O=C(O)[C@H]1C[C@@]2(CN1C(=O)OCc1ccccc1)CC2(F)F. The van der Waals surface area contributed by atoms with Gasteiger partial charge in [0.05, 0.1) is 5.41 Å². The Balaban J connectivity index is 1.67. The van der Waals surface area contributed by atoms with Gasteiger partial charge < -0.3 is 9.84 Å². The third-order valence-corrected chi connectivity index (χ3v) is 4.37. The fourth-order valence-electron chi connectivity index (χ4n) is 2.97. The van der Waals surface area contributed by atoms with Crippen molar-refractivity contribution in [1.82, 2.24) is 4.90 Å². The van der Waals surface area contributed by atoms with E-state index in [0.717, 1.165) is 10.5 Å². The maximum Gasteiger partial charge on any atom is 0.410 e. The molecule has 1 amide bonds. The van der Waals surface area contributed by atoms with Gasteiger partial charge in [-0.15, -0.1) is 0 Å². The van der Waals surface area contributed by atoms with Gasteiger partial charge in [-0.2, -0.15) is 0 Å². The van der Waals surface area contributed by atoms with Crippen LogP contribution in [0.2, 0.25) is 0 Å². The summed E-state index contributed by atoms with van der Waals surface area (Å²) >= 11 is 0. The van der Waals surface area contributed by atoms with Crippen LogP contribution in [0.1, 0.15) is 18.4 Å². The number of carboxylic acid groups (broad SMARTS) is 1. The number of hydrogen-bond acceptors (Lipinski definition) is 3. The summed E-state index contributed by atoms with van der Waals surface area (Å²) in [6.45, 7) is -0.295. The van der Waals surface area contributed by atoms with Crippen molar-refractivity contribution in [3.8, 4) is 0 Å². The zero-order valence-corrected chi connectivity index (χ0v) is 11.7. The van der Waals surface area contributed by atoms with Crippen LogP contribution in [-0.4, -0.2) is 40.6 Å². The Bertz CT molecular complexity index is 607. The molecule has 5 nitrogen and oxygen atoms in total. The summed E-state index contributed by atoms with van der Waals surface area (Å²) in [5, 5.41) is 9.15.